The summed E-state index contributed by atoms with van der Waals surface area (Å²) in [5.74, 6) is 0. The molecule has 2 heterocycles. The first-order valence-corrected chi connectivity index (χ1v) is 8.56. The van der Waals surface area contributed by atoms with Crippen LogP contribution >= 0.6 is 20.4 Å². The van der Waals surface area contributed by atoms with Gasteiger partial charge in [-0.25, -0.2) is 0 Å². The summed E-state index contributed by atoms with van der Waals surface area (Å²) in [7, 11) is 9.40. The Morgan fingerprint density at radius 2 is 1.12 bits per heavy atom. The van der Waals surface area contributed by atoms with Gasteiger partial charge in [0.05, 0.1) is 0 Å². The normalized spacial score (nSPS) is 17.9. The maximum atomic E-state index is 6.80. The van der Waals surface area contributed by atoms with E-state index in [9.17, 15) is 0 Å². The molecule has 0 aromatic rings. The third kappa shape index (κ3) is 16.9. The Morgan fingerprint density at radius 3 is 1.29 bits per heavy atom. The zero-order valence-electron chi connectivity index (χ0n) is 10.0. The summed E-state index contributed by atoms with van der Waals surface area (Å²) in [6, 6.07) is 0. The molecule has 7 heteroatoms. The molecule has 4 nitrogen and oxygen atoms in total. The van der Waals surface area contributed by atoms with Crippen molar-refractivity contribution in [3.63, 3.8) is 0 Å². The summed E-state index contributed by atoms with van der Waals surface area (Å²) in [6.07, 6.45) is 2.11. The molecule has 2 rings (SSSR count). The van der Waals surface area contributed by atoms with Crippen molar-refractivity contribution in [2.75, 3.05) is 52.4 Å². The molecule has 0 aliphatic carbocycles. The molecular formula is C10H22Cl2N4Ni-2. The molecule has 2 aliphatic heterocycles. The van der Waals surface area contributed by atoms with E-state index in [-0.39, 0.29) is 0 Å². The van der Waals surface area contributed by atoms with Gasteiger partial charge in [-0.1, -0.05) is 12.8 Å². The van der Waals surface area contributed by atoms with Gasteiger partial charge >= 0.3 is 33.0 Å². The molecule has 2 saturated heterocycles. The van der Waals surface area contributed by atoms with Crippen LogP contribution in [0, 0.1) is 0 Å². The van der Waals surface area contributed by atoms with Crippen LogP contribution < -0.4 is 0 Å². The Kier molecular flexibility index (Phi) is 14.1. The second-order valence-corrected chi connectivity index (χ2v) is 5.57. The number of halogens is 2. The van der Waals surface area contributed by atoms with Gasteiger partial charge in [-0.05, 0) is 13.1 Å². The second kappa shape index (κ2) is 13.3. The quantitative estimate of drug-likeness (QED) is 0.556. The minimum absolute atomic E-state index is 0.569. The minimum atomic E-state index is 0.569. The van der Waals surface area contributed by atoms with Crippen LogP contribution in [0.2, 0.25) is 0 Å². The van der Waals surface area contributed by atoms with Crippen molar-refractivity contribution in [1.29, 1.82) is 0 Å². The summed E-state index contributed by atoms with van der Waals surface area (Å²) in [4.78, 5) is 4.68. The number of rotatable bonds is 6. The van der Waals surface area contributed by atoms with E-state index < -0.39 is 0 Å². The number of nitrogens with zero attached hydrogens (tertiary/aromatic N) is 2. The Balaban J connectivity index is 0.000000247. The van der Waals surface area contributed by atoms with Gasteiger partial charge in [-0.2, -0.15) is 0 Å². The standard InChI is InChI=1S/2C5H11N2.2ClH.Ni/c2*6-2-1-3-7-4-5-7;;;/h2*6H,1-5H2;2*1H;/q2*-1;;;+2/p-2. The molecule has 108 valence electrons. The average Bonchev–Trinajstić information content (AvgIpc) is 3.19. The molecule has 2 fully saturated rings. The summed E-state index contributed by atoms with van der Waals surface area (Å²) < 4.78 is 0. The van der Waals surface area contributed by atoms with Crippen molar-refractivity contribution < 1.29 is 12.7 Å². The monoisotopic (exact) mass is 326 g/mol. The van der Waals surface area contributed by atoms with Crippen LogP contribution in [0.15, 0.2) is 0 Å². The van der Waals surface area contributed by atoms with Gasteiger partial charge in [-0.15, -0.1) is 13.1 Å². The Labute approximate surface area is 119 Å². The molecule has 17 heavy (non-hydrogen) atoms. The Hall–Kier alpha value is 0.914. The van der Waals surface area contributed by atoms with Gasteiger partial charge in [0.1, 0.15) is 0 Å². The van der Waals surface area contributed by atoms with E-state index in [2.05, 4.69) is 9.80 Å². The van der Waals surface area contributed by atoms with Crippen LogP contribution in [-0.4, -0.2) is 62.2 Å². The summed E-state index contributed by atoms with van der Waals surface area (Å²) in [6.45, 7) is 8.61. The first kappa shape index (κ1) is 17.9. The Bertz CT molecular complexity index is 141. The van der Waals surface area contributed by atoms with Crippen molar-refractivity contribution in [2.24, 2.45) is 0 Å². The molecule has 0 spiro atoms. The van der Waals surface area contributed by atoms with E-state index >= 15 is 0 Å². The fourth-order valence-corrected chi connectivity index (χ4v) is 1.19. The van der Waals surface area contributed by atoms with E-state index in [0.717, 1.165) is 25.9 Å². The molecule has 0 saturated carbocycles. The van der Waals surface area contributed by atoms with Crippen LogP contribution in [0.1, 0.15) is 12.8 Å². The SMILES string of the molecule is [Cl][Ni][Cl].[NH-]CCCN1CC1.[NH-]CCCN1CC1. The fraction of sp³-hybridized carbons (Fsp3) is 1.00. The van der Waals surface area contributed by atoms with E-state index in [4.69, 9.17) is 31.9 Å². The van der Waals surface area contributed by atoms with Gasteiger partial charge in [-0.3, -0.25) is 0 Å². The van der Waals surface area contributed by atoms with Crippen LogP contribution in [0.5, 0.6) is 0 Å². The van der Waals surface area contributed by atoms with Crippen LogP contribution in [0.25, 0.3) is 11.5 Å². The third-order valence-corrected chi connectivity index (χ3v) is 2.38. The zero-order valence-corrected chi connectivity index (χ0v) is 12.5. The molecule has 0 aromatic heterocycles. The summed E-state index contributed by atoms with van der Waals surface area (Å²) in [5, 5.41) is 0. The average molecular weight is 328 g/mol. The van der Waals surface area contributed by atoms with E-state index in [0.29, 0.717) is 25.7 Å². The third-order valence-electron chi connectivity index (χ3n) is 2.38. The van der Waals surface area contributed by atoms with Gasteiger partial charge in [0.15, 0.2) is 0 Å². The van der Waals surface area contributed by atoms with Crippen LogP contribution in [-0.2, 0) is 12.7 Å². The van der Waals surface area contributed by atoms with Gasteiger partial charge < -0.3 is 21.3 Å². The van der Waals surface area contributed by atoms with Crippen molar-refractivity contribution >= 4 is 20.4 Å². The topological polar surface area (TPSA) is 53.6 Å². The van der Waals surface area contributed by atoms with Crippen LogP contribution in [0.4, 0.5) is 0 Å². The molecule has 0 radical (unpaired) electrons. The van der Waals surface area contributed by atoms with E-state index in [1.165, 1.54) is 26.2 Å². The van der Waals surface area contributed by atoms with Gasteiger partial charge in [0, 0.05) is 26.2 Å². The van der Waals surface area contributed by atoms with Crippen molar-refractivity contribution in [3.8, 4) is 0 Å². The predicted octanol–water partition coefficient (Wildman–Crippen LogP) is 2.87. The van der Waals surface area contributed by atoms with Gasteiger partial charge in [0.25, 0.3) is 0 Å². The maximum absolute atomic E-state index is 6.80. The number of hydrogen-bond acceptors (Lipinski definition) is 2. The van der Waals surface area contributed by atoms with Crippen molar-refractivity contribution in [1.82, 2.24) is 9.80 Å². The molecule has 0 bridgehead atoms. The number of hydrogen-bond donors (Lipinski definition) is 0. The molecule has 0 aromatic carbocycles. The number of nitrogens with one attached hydrogen (secondary N) is 2. The van der Waals surface area contributed by atoms with E-state index in [1.54, 1.807) is 0 Å². The largest absolute Gasteiger partial charge is 0.677 e. The molecule has 0 amide bonds. The molecule has 0 atom stereocenters. The summed E-state index contributed by atoms with van der Waals surface area (Å²) in [5.41, 5.74) is 13.6. The van der Waals surface area contributed by atoms with Crippen molar-refractivity contribution in [3.05, 3.63) is 11.5 Å². The molecule has 2 N–H and O–H groups in total. The van der Waals surface area contributed by atoms with Gasteiger partial charge in [0.2, 0.25) is 0 Å². The minimum Gasteiger partial charge on any atom is -0.677 e. The maximum Gasteiger partial charge on any atom is 0.0110 e. The predicted molar refractivity (Wildman–Crippen MR) is 72.2 cm³/mol. The first-order chi connectivity index (χ1) is 8.28. The smallest absolute Gasteiger partial charge is 0.0110 e. The Morgan fingerprint density at radius 1 is 0.824 bits per heavy atom. The zero-order chi connectivity index (χ0) is 12.9. The fourth-order valence-electron chi connectivity index (χ4n) is 1.19. The van der Waals surface area contributed by atoms with Crippen LogP contribution in [0.3, 0.4) is 0 Å². The van der Waals surface area contributed by atoms with Crippen molar-refractivity contribution in [2.45, 2.75) is 12.8 Å². The van der Waals surface area contributed by atoms with E-state index in [1.807, 2.05) is 0 Å². The first-order valence-electron chi connectivity index (χ1n) is 5.84. The molecular weight excluding hydrogens is 306 g/mol. The summed E-state index contributed by atoms with van der Waals surface area (Å²) >= 11 is 0.569. The molecule has 2 aliphatic rings. The molecule has 0 unspecified atom stereocenters. The second-order valence-electron chi connectivity index (χ2n) is 3.94.